The van der Waals surface area contributed by atoms with Crippen molar-refractivity contribution in [3.8, 4) is 28.0 Å². The number of rotatable bonds is 4. The number of methoxy groups -OCH3 is 1. The monoisotopic (exact) mass is 600 g/mol. The first-order valence-corrected chi connectivity index (χ1v) is 17.0. The predicted octanol–water partition coefficient (Wildman–Crippen LogP) is 12.9. The highest BCUT2D eigenvalue weighted by Gasteiger charge is 2.25. The SMILES string of the molecule is COc1ccc(-c2cc3c(C(C)(C)C)ccc4c5cc(-c6ccc(C7CCC7)cc6)cc6c(C(C)(C)C)ccc(c(c2)c34)c65)cc1. The minimum atomic E-state index is 0.00402. The molecule has 8 rings (SSSR count). The third kappa shape index (κ3) is 4.58. The van der Waals surface area contributed by atoms with E-state index >= 15 is 0 Å². The van der Waals surface area contributed by atoms with Crippen molar-refractivity contribution in [1.29, 1.82) is 0 Å². The Morgan fingerprint density at radius 1 is 0.478 bits per heavy atom. The highest BCUT2D eigenvalue weighted by molar-refractivity contribution is 6.34. The zero-order chi connectivity index (χ0) is 32.0. The standard InChI is InChI=1S/C45H44O/c1-44(2,3)40-21-20-35-37-24-32(30-15-17-33(46-7)18-16-30)26-39-41(45(4,5)6)22-19-34(43(37)39)36-23-31(25-38(40)42(35)36)29-13-11-28(12-14-29)27-9-8-10-27/h11-27H,8-10H2,1-7H3. The summed E-state index contributed by atoms with van der Waals surface area (Å²) in [6.07, 6.45) is 4.03. The van der Waals surface area contributed by atoms with Crippen LogP contribution in [0.25, 0.3) is 65.3 Å². The van der Waals surface area contributed by atoms with Gasteiger partial charge >= 0.3 is 0 Å². The summed E-state index contributed by atoms with van der Waals surface area (Å²) >= 11 is 0. The number of hydrogen-bond donors (Lipinski definition) is 0. The van der Waals surface area contributed by atoms with Crippen LogP contribution in [0.5, 0.6) is 5.75 Å². The highest BCUT2D eigenvalue weighted by Crippen LogP contribution is 2.48. The largest absolute Gasteiger partial charge is 0.497 e. The van der Waals surface area contributed by atoms with E-state index in [9.17, 15) is 0 Å². The topological polar surface area (TPSA) is 9.23 Å². The Bertz CT molecular complexity index is 2250. The molecule has 0 aliphatic heterocycles. The molecule has 0 unspecified atom stereocenters. The van der Waals surface area contributed by atoms with E-state index < -0.39 is 0 Å². The summed E-state index contributed by atoms with van der Waals surface area (Å²) in [5.41, 5.74) is 9.35. The molecule has 7 aromatic carbocycles. The van der Waals surface area contributed by atoms with Gasteiger partial charge < -0.3 is 4.74 Å². The van der Waals surface area contributed by atoms with Crippen LogP contribution in [0, 0.1) is 0 Å². The minimum absolute atomic E-state index is 0.00402. The summed E-state index contributed by atoms with van der Waals surface area (Å²) in [4.78, 5) is 0. The van der Waals surface area contributed by atoms with E-state index in [0.29, 0.717) is 0 Å². The second-order valence-corrected chi connectivity index (χ2v) is 15.7. The third-order valence-corrected chi connectivity index (χ3v) is 10.7. The van der Waals surface area contributed by atoms with E-state index in [1.54, 1.807) is 7.11 Å². The summed E-state index contributed by atoms with van der Waals surface area (Å²) in [7, 11) is 1.73. The quantitative estimate of drug-likeness (QED) is 0.144. The zero-order valence-corrected chi connectivity index (χ0v) is 28.3. The zero-order valence-electron chi connectivity index (χ0n) is 28.3. The van der Waals surface area contributed by atoms with Crippen LogP contribution in [-0.4, -0.2) is 7.11 Å². The van der Waals surface area contributed by atoms with Crippen LogP contribution in [-0.2, 0) is 10.8 Å². The van der Waals surface area contributed by atoms with E-state index in [-0.39, 0.29) is 10.8 Å². The molecule has 1 fully saturated rings. The van der Waals surface area contributed by atoms with Gasteiger partial charge in [-0.2, -0.15) is 0 Å². The van der Waals surface area contributed by atoms with Gasteiger partial charge in [-0.15, -0.1) is 0 Å². The van der Waals surface area contributed by atoms with E-state index in [4.69, 9.17) is 4.74 Å². The molecule has 0 spiro atoms. The molecule has 0 amide bonds. The lowest BCUT2D eigenvalue weighted by Crippen LogP contribution is -2.12. The molecule has 0 heterocycles. The molecule has 1 heteroatoms. The first-order valence-electron chi connectivity index (χ1n) is 17.0. The van der Waals surface area contributed by atoms with E-state index in [0.717, 1.165) is 11.7 Å². The van der Waals surface area contributed by atoms with Crippen molar-refractivity contribution in [2.75, 3.05) is 7.11 Å². The first kappa shape index (κ1) is 29.1. The summed E-state index contributed by atoms with van der Waals surface area (Å²) in [5.74, 6) is 1.63. The summed E-state index contributed by atoms with van der Waals surface area (Å²) in [5, 5.41) is 10.8. The molecule has 0 N–H and O–H groups in total. The molecule has 0 bridgehead atoms. The number of benzene rings is 7. The van der Waals surface area contributed by atoms with Crippen molar-refractivity contribution in [3.63, 3.8) is 0 Å². The van der Waals surface area contributed by atoms with Crippen LogP contribution < -0.4 is 4.74 Å². The molecule has 0 saturated heterocycles. The molecule has 1 aliphatic carbocycles. The molecule has 1 aliphatic rings. The fourth-order valence-electron chi connectivity index (χ4n) is 7.96. The Hall–Kier alpha value is -4.36. The van der Waals surface area contributed by atoms with Crippen molar-refractivity contribution in [2.45, 2.75) is 77.6 Å². The number of fused-ring (bicyclic) bond motifs is 2. The molecule has 7 aromatic rings. The van der Waals surface area contributed by atoms with Crippen molar-refractivity contribution >= 4 is 43.1 Å². The number of ether oxygens (including phenoxy) is 1. The molecule has 0 radical (unpaired) electrons. The van der Waals surface area contributed by atoms with Crippen LogP contribution in [0.1, 0.15) is 83.4 Å². The lowest BCUT2D eigenvalue weighted by molar-refractivity contribution is 0.415. The van der Waals surface area contributed by atoms with E-state index in [2.05, 4.69) is 139 Å². The van der Waals surface area contributed by atoms with Crippen molar-refractivity contribution in [1.82, 2.24) is 0 Å². The molecular weight excluding hydrogens is 556 g/mol. The van der Waals surface area contributed by atoms with Gasteiger partial charge in [0, 0.05) is 0 Å². The third-order valence-electron chi connectivity index (χ3n) is 10.7. The fraction of sp³-hybridized carbons (Fsp3) is 0.289. The van der Waals surface area contributed by atoms with Gasteiger partial charge in [0.25, 0.3) is 0 Å². The molecule has 1 saturated carbocycles. The van der Waals surface area contributed by atoms with Gasteiger partial charge in [0.1, 0.15) is 5.75 Å². The molecule has 46 heavy (non-hydrogen) atoms. The van der Waals surface area contributed by atoms with Gasteiger partial charge in [0.15, 0.2) is 0 Å². The Balaban J connectivity index is 1.49. The Labute approximate surface area is 273 Å². The molecule has 0 aromatic heterocycles. The van der Waals surface area contributed by atoms with Gasteiger partial charge in [-0.25, -0.2) is 0 Å². The maximum absolute atomic E-state index is 5.49. The minimum Gasteiger partial charge on any atom is -0.497 e. The van der Waals surface area contributed by atoms with E-state index in [1.165, 1.54) is 101 Å². The Morgan fingerprint density at radius 3 is 1.30 bits per heavy atom. The summed E-state index contributed by atoms with van der Waals surface area (Å²) in [6, 6.07) is 37.4. The van der Waals surface area contributed by atoms with Gasteiger partial charge in [-0.3, -0.25) is 0 Å². The fourth-order valence-corrected chi connectivity index (χ4v) is 7.96. The molecule has 230 valence electrons. The van der Waals surface area contributed by atoms with Crippen LogP contribution in [0.4, 0.5) is 0 Å². The Morgan fingerprint density at radius 2 is 0.913 bits per heavy atom. The maximum atomic E-state index is 5.49. The Kier molecular flexibility index (Phi) is 6.53. The first-order chi connectivity index (χ1) is 22.0. The van der Waals surface area contributed by atoms with Crippen molar-refractivity contribution in [2.24, 2.45) is 0 Å². The van der Waals surface area contributed by atoms with Crippen LogP contribution in [0.2, 0.25) is 0 Å². The average Bonchev–Trinajstić information content (AvgIpc) is 3.01. The van der Waals surface area contributed by atoms with Crippen molar-refractivity contribution < 1.29 is 4.74 Å². The molecule has 0 atom stereocenters. The van der Waals surface area contributed by atoms with Gasteiger partial charge in [0.2, 0.25) is 0 Å². The second-order valence-electron chi connectivity index (χ2n) is 15.7. The normalized spacial score (nSPS) is 14.5. The van der Waals surface area contributed by atoms with Gasteiger partial charge in [0.05, 0.1) is 7.11 Å². The average molecular weight is 601 g/mol. The van der Waals surface area contributed by atoms with Crippen LogP contribution in [0.15, 0.2) is 97.1 Å². The van der Waals surface area contributed by atoms with Crippen molar-refractivity contribution in [3.05, 3.63) is 114 Å². The van der Waals surface area contributed by atoms with E-state index in [1.807, 2.05) is 0 Å². The van der Waals surface area contributed by atoms with Crippen LogP contribution in [0.3, 0.4) is 0 Å². The molecular formula is C45H44O. The number of hydrogen-bond acceptors (Lipinski definition) is 1. The lowest BCUT2D eigenvalue weighted by Gasteiger charge is -2.27. The lowest BCUT2D eigenvalue weighted by atomic mass is 9.77. The summed E-state index contributed by atoms with van der Waals surface area (Å²) in [6.45, 7) is 14.0. The van der Waals surface area contributed by atoms with Crippen LogP contribution >= 0.6 is 0 Å². The van der Waals surface area contributed by atoms with Gasteiger partial charge in [-0.1, -0.05) is 109 Å². The second kappa shape index (κ2) is 10.3. The summed E-state index contributed by atoms with van der Waals surface area (Å²) < 4.78 is 5.49. The highest BCUT2D eigenvalue weighted by atomic mass is 16.5. The maximum Gasteiger partial charge on any atom is 0.118 e. The molecule has 1 nitrogen and oxygen atoms in total. The smallest absolute Gasteiger partial charge is 0.118 e. The van der Waals surface area contributed by atoms with Gasteiger partial charge in [-0.05, 0) is 148 Å². The predicted molar refractivity (Wildman–Crippen MR) is 199 cm³/mol.